The van der Waals surface area contributed by atoms with Crippen LogP contribution in [0, 0.1) is 23.6 Å². The summed E-state index contributed by atoms with van der Waals surface area (Å²) in [4.78, 5) is 52.5. The Hall–Kier alpha value is -3.01. The van der Waals surface area contributed by atoms with Crippen LogP contribution in [0.1, 0.15) is 37.2 Å². The zero-order valence-corrected chi connectivity index (χ0v) is 21.7. The lowest BCUT2D eigenvalue weighted by atomic mass is 9.57. The van der Waals surface area contributed by atoms with Gasteiger partial charge >= 0.3 is 0 Å². The van der Waals surface area contributed by atoms with Gasteiger partial charge in [-0.2, -0.15) is 0 Å². The van der Waals surface area contributed by atoms with Gasteiger partial charge in [0.25, 0.3) is 11.8 Å². The number of fused-ring (bicyclic) bond motifs is 4. The summed E-state index contributed by atoms with van der Waals surface area (Å²) in [5, 5.41) is 9.62. The minimum absolute atomic E-state index is 0.101. The fourth-order valence-corrected chi connectivity index (χ4v) is 7.64. The third-order valence-electron chi connectivity index (χ3n) is 8.43. The molecule has 2 aliphatic carbocycles. The first-order chi connectivity index (χ1) is 18.1. The number of furan rings is 1. The lowest BCUT2D eigenvalue weighted by molar-refractivity contribution is -0.140. The van der Waals surface area contributed by atoms with Crippen molar-refractivity contribution < 1.29 is 33.1 Å². The Kier molecular flexibility index (Phi) is 5.65. The molecule has 2 saturated heterocycles. The van der Waals surface area contributed by atoms with E-state index in [2.05, 4.69) is 0 Å². The van der Waals surface area contributed by atoms with Gasteiger partial charge in [-0.15, -0.1) is 23.2 Å². The van der Waals surface area contributed by atoms with Crippen LogP contribution >= 0.6 is 23.2 Å². The summed E-state index contributed by atoms with van der Waals surface area (Å²) in [6, 6.07) is 7.90. The van der Waals surface area contributed by atoms with Crippen LogP contribution < -0.4 is 4.90 Å². The van der Waals surface area contributed by atoms with E-state index < -0.39 is 57.7 Å². The van der Waals surface area contributed by atoms with E-state index in [1.807, 2.05) is 0 Å². The number of imide groups is 2. The van der Waals surface area contributed by atoms with Crippen molar-refractivity contribution in [3.05, 3.63) is 65.4 Å². The number of anilines is 1. The molecule has 198 valence electrons. The molecule has 4 aliphatic rings. The topological polar surface area (TPSA) is 108 Å². The molecule has 3 fully saturated rings. The molecule has 0 radical (unpaired) electrons. The zero-order valence-electron chi connectivity index (χ0n) is 20.2. The maximum absolute atomic E-state index is 14.1. The molecule has 0 bridgehead atoms. The predicted molar refractivity (Wildman–Crippen MR) is 134 cm³/mol. The lowest BCUT2D eigenvalue weighted by Crippen LogP contribution is -2.60. The van der Waals surface area contributed by atoms with Crippen molar-refractivity contribution in [2.45, 2.75) is 42.0 Å². The Bertz CT molecular complexity index is 1420. The van der Waals surface area contributed by atoms with E-state index in [9.17, 15) is 28.7 Å². The molecule has 1 N–H and O–H groups in total. The molecular weight excluding hydrogens is 538 g/mol. The molecule has 0 unspecified atom stereocenters. The first-order valence-corrected chi connectivity index (χ1v) is 13.1. The summed E-state index contributed by atoms with van der Waals surface area (Å²) < 4.78 is 19.5. The standard InChI is InChI=1S/C27H23Cl2FN2O6/c1-2-31-22(34)17-9-8-16-18(20(17)23(31)35)11-26(28)24(36)32(14-5-3-13(30)4-6-14)25(37)27(26,29)21(16)19-10-7-15(12-33)38-19/h3-8,10,17-18,20-21,33H,2,9,11-12H2,1H3/t17-,18+,20-,21+,26+,27-/m0/s1. The lowest BCUT2D eigenvalue weighted by Gasteiger charge is -2.49. The highest BCUT2D eigenvalue weighted by molar-refractivity contribution is 6.58. The van der Waals surface area contributed by atoms with Crippen LogP contribution in [0.5, 0.6) is 0 Å². The molecule has 4 amide bonds. The number of nitrogens with zero attached hydrogens (tertiary/aromatic N) is 2. The number of hydrogen-bond acceptors (Lipinski definition) is 6. The molecule has 6 atom stereocenters. The smallest absolute Gasteiger partial charge is 0.258 e. The van der Waals surface area contributed by atoms with Crippen molar-refractivity contribution in [2.24, 2.45) is 17.8 Å². The highest BCUT2D eigenvalue weighted by atomic mass is 35.5. The van der Waals surface area contributed by atoms with E-state index in [0.29, 0.717) is 5.57 Å². The van der Waals surface area contributed by atoms with E-state index in [1.165, 1.54) is 23.1 Å². The molecule has 1 aromatic carbocycles. The number of halogens is 3. The highest BCUT2D eigenvalue weighted by Gasteiger charge is 2.77. The van der Waals surface area contributed by atoms with Gasteiger partial charge in [0.05, 0.1) is 23.4 Å². The third kappa shape index (κ3) is 3.06. The number of aliphatic hydroxyl groups excluding tert-OH is 1. The number of aliphatic hydroxyl groups is 1. The normalized spacial score (nSPS) is 34.4. The van der Waals surface area contributed by atoms with E-state index in [4.69, 9.17) is 27.6 Å². The number of allylic oxidation sites excluding steroid dienone is 2. The molecule has 6 rings (SSSR count). The van der Waals surface area contributed by atoms with E-state index in [1.54, 1.807) is 19.1 Å². The van der Waals surface area contributed by atoms with Crippen molar-refractivity contribution >= 4 is 52.5 Å². The summed E-state index contributed by atoms with van der Waals surface area (Å²) in [6.45, 7) is 1.53. The third-order valence-corrected chi connectivity index (χ3v) is 9.84. The van der Waals surface area contributed by atoms with Gasteiger partial charge in [0.1, 0.15) is 23.9 Å². The van der Waals surface area contributed by atoms with Gasteiger partial charge in [-0.05, 0) is 62.1 Å². The molecule has 2 aromatic rings. The Labute approximate surface area is 227 Å². The molecule has 2 aliphatic heterocycles. The summed E-state index contributed by atoms with van der Waals surface area (Å²) in [6.07, 6.45) is 1.91. The maximum atomic E-state index is 14.1. The quantitative estimate of drug-likeness (QED) is 0.348. The van der Waals surface area contributed by atoms with E-state index in [-0.39, 0.29) is 48.4 Å². The second-order valence-electron chi connectivity index (χ2n) is 10.1. The minimum Gasteiger partial charge on any atom is -0.463 e. The Morgan fingerprint density at radius 2 is 1.74 bits per heavy atom. The van der Waals surface area contributed by atoms with Gasteiger partial charge in [0, 0.05) is 6.54 Å². The van der Waals surface area contributed by atoms with Gasteiger partial charge in [-0.25, -0.2) is 9.29 Å². The van der Waals surface area contributed by atoms with Crippen LogP contribution in [0.4, 0.5) is 10.1 Å². The zero-order chi connectivity index (χ0) is 27.1. The van der Waals surface area contributed by atoms with Gasteiger partial charge in [0.2, 0.25) is 11.8 Å². The van der Waals surface area contributed by atoms with Gasteiger partial charge < -0.3 is 9.52 Å². The monoisotopic (exact) mass is 560 g/mol. The Morgan fingerprint density at radius 1 is 1.03 bits per heavy atom. The fraction of sp³-hybridized carbons (Fsp3) is 0.407. The number of hydrogen-bond donors (Lipinski definition) is 1. The van der Waals surface area contributed by atoms with Crippen LogP contribution in [-0.4, -0.2) is 49.9 Å². The molecule has 8 nitrogen and oxygen atoms in total. The minimum atomic E-state index is -2.06. The average Bonchev–Trinajstić information content (AvgIpc) is 3.51. The number of alkyl halides is 2. The van der Waals surface area contributed by atoms with Crippen LogP contribution in [0.2, 0.25) is 0 Å². The van der Waals surface area contributed by atoms with Crippen LogP contribution in [0.15, 0.2) is 52.5 Å². The number of benzene rings is 1. The van der Waals surface area contributed by atoms with Gasteiger partial charge in [-0.3, -0.25) is 24.1 Å². The number of rotatable bonds is 4. The van der Waals surface area contributed by atoms with Crippen molar-refractivity contribution in [2.75, 3.05) is 11.4 Å². The van der Waals surface area contributed by atoms with Gasteiger partial charge in [0.15, 0.2) is 9.75 Å². The molecule has 1 saturated carbocycles. The van der Waals surface area contributed by atoms with Crippen molar-refractivity contribution in [1.82, 2.24) is 4.90 Å². The number of likely N-dealkylation sites (tertiary alicyclic amines) is 1. The van der Waals surface area contributed by atoms with Crippen molar-refractivity contribution in [3.63, 3.8) is 0 Å². The second-order valence-corrected chi connectivity index (χ2v) is 11.4. The van der Waals surface area contributed by atoms with Gasteiger partial charge in [-0.1, -0.05) is 11.6 Å². The molecule has 1 aromatic heterocycles. The van der Waals surface area contributed by atoms with Crippen LogP contribution in [-0.2, 0) is 25.8 Å². The first kappa shape index (κ1) is 25.3. The number of carbonyl (C=O) groups is 4. The second kappa shape index (κ2) is 8.49. The average molecular weight is 561 g/mol. The number of carbonyl (C=O) groups excluding carboxylic acids is 4. The summed E-state index contributed by atoms with van der Waals surface area (Å²) in [5.74, 6) is -5.46. The molecule has 11 heteroatoms. The summed E-state index contributed by atoms with van der Waals surface area (Å²) >= 11 is 14.4. The summed E-state index contributed by atoms with van der Waals surface area (Å²) in [7, 11) is 0. The maximum Gasteiger partial charge on any atom is 0.258 e. The van der Waals surface area contributed by atoms with E-state index in [0.717, 1.165) is 17.0 Å². The SMILES string of the molecule is CCN1C(=O)[C@H]2[C@H](CC=C3[C@H]2C[C@@]2(Cl)C(=O)N(c4ccc(F)cc4)C(=O)[C@@]2(Cl)[C@H]3c2ccc(CO)o2)C1=O. The first-order valence-electron chi connectivity index (χ1n) is 12.4. The largest absolute Gasteiger partial charge is 0.463 e. The Morgan fingerprint density at radius 3 is 2.37 bits per heavy atom. The number of amides is 4. The molecule has 3 heterocycles. The van der Waals surface area contributed by atoms with Crippen LogP contribution in [0.3, 0.4) is 0 Å². The fourth-order valence-electron chi connectivity index (χ4n) is 6.72. The van der Waals surface area contributed by atoms with Crippen LogP contribution in [0.25, 0.3) is 0 Å². The van der Waals surface area contributed by atoms with Crippen molar-refractivity contribution in [1.29, 1.82) is 0 Å². The molecular formula is C27H23Cl2FN2O6. The van der Waals surface area contributed by atoms with E-state index >= 15 is 0 Å². The van der Waals surface area contributed by atoms with Crippen molar-refractivity contribution in [3.8, 4) is 0 Å². The molecule has 38 heavy (non-hydrogen) atoms. The predicted octanol–water partition coefficient (Wildman–Crippen LogP) is 3.49. The summed E-state index contributed by atoms with van der Waals surface area (Å²) in [5.41, 5.74) is 0.696. The Balaban J connectivity index is 1.55. The molecule has 0 spiro atoms. The highest BCUT2D eigenvalue weighted by Crippen LogP contribution is 2.65.